The van der Waals surface area contributed by atoms with Crippen molar-refractivity contribution >= 4 is 35.2 Å². The zero-order valence-corrected chi connectivity index (χ0v) is 15.8. The molecule has 2 unspecified atom stereocenters. The molecule has 1 saturated heterocycles. The predicted octanol–water partition coefficient (Wildman–Crippen LogP) is 3.21. The molecular formula is C18H16F3N5O2S. The third-order valence-corrected chi connectivity index (χ3v) is 5.12. The van der Waals surface area contributed by atoms with Crippen LogP contribution >= 0.6 is 11.8 Å². The van der Waals surface area contributed by atoms with Crippen LogP contribution < -0.4 is 16.0 Å². The highest BCUT2D eigenvalue weighted by molar-refractivity contribution is 8.00. The fraction of sp³-hybridized carbons (Fsp3) is 0.222. The molecule has 3 amide bonds. The van der Waals surface area contributed by atoms with Gasteiger partial charge >= 0.3 is 11.5 Å². The van der Waals surface area contributed by atoms with Crippen LogP contribution in [-0.2, 0) is 4.79 Å². The standard InChI is InChI=1S/C18H16F3N5O2S/c1-9(10-6-7-24-13(8-10)15(22)23)14-16(27)26(17(28)25-14)11-2-4-12(5-3-11)29-18(19,20)21/h2-9,14H,1H3,(H3,22,23)(H,25,28). The summed E-state index contributed by atoms with van der Waals surface area (Å²) in [6.07, 6.45) is 1.46. The third kappa shape index (κ3) is 4.50. The number of halogens is 3. The summed E-state index contributed by atoms with van der Waals surface area (Å²) in [5.41, 5.74) is 2.09. The first-order valence-electron chi connectivity index (χ1n) is 8.37. The SMILES string of the molecule is CC(c1ccnc(C(=N)N)c1)C1NC(=O)N(c2ccc(SC(F)(F)F)cc2)C1=O. The zero-order chi connectivity index (χ0) is 21.3. The number of nitrogen functional groups attached to an aromatic ring is 1. The largest absolute Gasteiger partial charge is 0.446 e. The average Bonchev–Trinajstić information content (AvgIpc) is 2.95. The molecule has 1 aliphatic rings. The highest BCUT2D eigenvalue weighted by Crippen LogP contribution is 2.37. The van der Waals surface area contributed by atoms with Crippen LogP contribution in [0.15, 0.2) is 47.5 Å². The highest BCUT2D eigenvalue weighted by atomic mass is 32.2. The number of carbonyl (C=O) groups excluding carboxylic acids is 2. The summed E-state index contributed by atoms with van der Waals surface area (Å²) in [6.45, 7) is 1.73. The molecule has 3 rings (SSSR count). The van der Waals surface area contributed by atoms with Crippen molar-refractivity contribution in [2.24, 2.45) is 5.73 Å². The van der Waals surface area contributed by atoms with Crippen LogP contribution in [0.5, 0.6) is 0 Å². The average molecular weight is 423 g/mol. The van der Waals surface area contributed by atoms with Gasteiger partial charge in [-0.2, -0.15) is 13.2 Å². The van der Waals surface area contributed by atoms with Crippen LogP contribution in [0.25, 0.3) is 0 Å². The van der Waals surface area contributed by atoms with E-state index in [0.29, 0.717) is 5.56 Å². The van der Waals surface area contributed by atoms with Gasteiger partial charge in [-0.1, -0.05) is 6.92 Å². The smallest absolute Gasteiger partial charge is 0.382 e. The lowest BCUT2D eigenvalue weighted by molar-refractivity contribution is -0.118. The van der Waals surface area contributed by atoms with Gasteiger partial charge in [0.25, 0.3) is 5.91 Å². The van der Waals surface area contributed by atoms with Crippen molar-refractivity contribution in [3.8, 4) is 0 Å². The summed E-state index contributed by atoms with van der Waals surface area (Å²) in [6, 6.07) is 6.66. The normalized spacial score (nSPS) is 17.9. The second-order valence-electron chi connectivity index (χ2n) is 6.32. The van der Waals surface area contributed by atoms with Gasteiger partial charge in [-0.15, -0.1) is 0 Å². The monoisotopic (exact) mass is 423 g/mol. The van der Waals surface area contributed by atoms with Crippen LogP contribution in [0, 0.1) is 5.41 Å². The first kappa shape index (κ1) is 20.6. The number of alkyl halides is 3. The fourth-order valence-corrected chi connectivity index (χ4v) is 3.49. The minimum Gasteiger partial charge on any atom is -0.382 e. The van der Waals surface area contributed by atoms with E-state index in [0.717, 1.165) is 4.90 Å². The molecule has 1 fully saturated rings. The number of hydrogen-bond donors (Lipinski definition) is 3. The molecule has 0 aliphatic carbocycles. The maximum Gasteiger partial charge on any atom is 0.446 e. The minimum absolute atomic E-state index is 0.0493. The summed E-state index contributed by atoms with van der Waals surface area (Å²) in [5.74, 6) is -1.20. The Kier molecular flexibility index (Phi) is 5.51. The molecule has 1 aliphatic heterocycles. The fourth-order valence-electron chi connectivity index (χ4n) is 2.95. The number of rotatable bonds is 5. The van der Waals surface area contributed by atoms with E-state index in [-0.39, 0.29) is 33.9 Å². The van der Waals surface area contributed by atoms with Gasteiger partial charge < -0.3 is 11.1 Å². The van der Waals surface area contributed by atoms with Gasteiger partial charge in [0.05, 0.1) is 5.69 Å². The number of benzene rings is 1. The summed E-state index contributed by atoms with van der Waals surface area (Å²) in [7, 11) is 0. The van der Waals surface area contributed by atoms with Gasteiger partial charge in [0, 0.05) is 17.0 Å². The maximum atomic E-state index is 12.8. The molecular weight excluding hydrogens is 407 g/mol. The molecule has 2 aromatic rings. The Balaban J connectivity index is 1.81. The lowest BCUT2D eigenvalue weighted by Crippen LogP contribution is -2.35. The number of nitrogens with two attached hydrogens (primary N) is 1. The number of pyridine rings is 1. The summed E-state index contributed by atoms with van der Waals surface area (Å²) < 4.78 is 37.4. The highest BCUT2D eigenvalue weighted by Gasteiger charge is 2.42. The molecule has 1 aromatic carbocycles. The Morgan fingerprint density at radius 1 is 1.28 bits per heavy atom. The Morgan fingerprint density at radius 2 is 1.93 bits per heavy atom. The van der Waals surface area contributed by atoms with Crippen molar-refractivity contribution in [2.45, 2.75) is 29.3 Å². The number of aromatic nitrogens is 1. The van der Waals surface area contributed by atoms with Crippen LogP contribution in [0.1, 0.15) is 24.1 Å². The number of amides is 3. The van der Waals surface area contributed by atoms with Crippen LogP contribution in [-0.4, -0.2) is 34.3 Å². The van der Waals surface area contributed by atoms with E-state index in [4.69, 9.17) is 11.1 Å². The number of hydrogen-bond acceptors (Lipinski definition) is 5. The second-order valence-corrected chi connectivity index (χ2v) is 7.46. The predicted molar refractivity (Wildman–Crippen MR) is 102 cm³/mol. The van der Waals surface area contributed by atoms with E-state index in [1.807, 2.05) is 0 Å². The Labute approximate surface area is 168 Å². The topological polar surface area (TPSA) is 112 Å². The number of nitrogens with zero attached hydrogens (tertiary/aromatic N) is 2. The summed E-state index contributed by atoms with van der Waals surface area (Å²) in [5, 5.41) is 10.1. The second kappa shape index (κ2) is 7.74. The van der Waals surface area contributed by atoms with Gasteiger partial charge in [-0.25, -0.2) is 9.69 Å². The molecule has 7 nitrogen and oxygen atoms in total. The van der Waals surface area contributed by atoms with Crippen LogP contribution in [0.3, 0.4) is 0 Å². The van der Waals surface area contributed by atoms with Crippen molar-refractivity contribution in [3.05, 3.63) is 53.9 Å². The van der Waals surface area contributed by atoms with Gasteiger partial charge in [0.2, 0.25) is 0 Å². The van der Waals surface area contributed by atoms with Crippen molar-refractivity contribution in [1.82, 2.24) is 10.3 Å². The molecule has 0 radical (unpaired) electrons. The molecule has 152 valence electrons. The number of imide groups is 1. The number of amidine groups is 1. The van der Waals surface area contributed by atoms with E-state index in [1.54, 1.807) is 19.1 Å². The quantitative estimate of drug-likeness (QED) is 0.296. The Hall–Kier alpha value is -3.08. The molecule has 0 saturated carbocycles. The lowest BCUT2D eigenvalue weighted by Gasteiger charge is -2.19. The third-order valence-electron chi connectivity index (χ3n) is 4.38. The number of thioether (sulfide) groups is 1. The lowest BCUT2D eigenvalue weighted by atomic mass is 9.93. The Morgan fingerprint density at radius 3 is 2.52 bits per heavy atom. The van der Waals surface area contributed by atoms with Crippen molar-refractivity contribution in [3.63, 3.8) is 0 Å². The summed E-state index contributed by atoms with van der Waals surface area (Å²) in [4.78, 5) is 30.0. The molecule has 11 heteroatoms. The van der Waals surface area contributed by atoms with Gasteiger partial charge in [0.15, 0.2) is 0 Å². The molecule has 4 N–H and O–H groups in total. The van der Waals surface area contributed by atoms with Crippen LogP contribution in [0.2, 0.25) is 0 Å². The first-order valence-corrected chi connectivity index (χ1v) is 9.19. The van der Waals surface area contributed by atoms with E-state index < -0.39 is 29.4 Å². The van der Waals surface area contributed by atoms with Crippen molar-refractivity contribution in [2.75, 3.05) is 4.90 Å². The molecule has 0 spiro atoms. The zero-order valence-electron chi connectivity index (χ0n) is 15.0. The van der Waals surface area contributed by atoms with E-state index in [9.17, 15) is 22.8 Å². The number of anilines is 1. The molecule has 1 aromatic heterocycles. The Bertz CT molecular complexity index is 965. The minimum atomic E-state index is -4.42. The number of nitrogens with one attached hydrogen (secondary N) is 2. The molecule has 2 heterocycles. The van der Waals surface area contributed by atoms with Gasteiger partial charge in [0.1, 0.15) is 17.6 Å². The number of carbonyl (C=O) groups is 2. The summed E-state index contributed by atoms with van der Waals surface area (Å²) >= 11 is -0.278. The molecule has 2 atom stereocenters. The van der Waals surface area contributed by atoms with Crippen LogP contribution in [0.4, 0.5) is 23.7 Å². The van der Waals surface area contributed by atoms with Crippen molar-refractivity contribution < 1.29 is 22.8 Å². The van der Waals surface area contributed by atoms with E-state index in [2.05, 4.69) is 10.3 Å². The molecule has 29 heavy (non-hydrogen) atoms. The van der Waals surface area contributed by atoms with Gasteiger partial charge in [-0.05, 0) is 53.7 Å². The van der Waals surface area contributed by atoms with Gasteiger partial charge in [-0.3, -0.25) is 15.2 Å². The van der Waals surface area contributed by atoms with Crippen molar-refractivity contribution in [1.29, 1.82) is 5.41 Å². The maximum absolute atomic E-state index is 12.8. The van der Waals surface area contributed by atoms with E-state index in [1.165, 1.54) is 30.5 Å². The van der Waals surface area contributed by atoms with E-state index >= 15 is 0 Å². The first-order chi connectivity index (χ1) is 13.6. The number of urea groups is 1. The molecule has 0 bridgehead atoms.